The Labute approximate surface area is 345 Å². The molecule has 6 heteroatoms. The average molecular weight is 771 g/mol. The van der Waals surface area contributed by atoms with Gasteiger partial charge in [0.2, 0.25) is 0 Å². The lowest BCUT2D eigenvalue weighted by atomic mass is 9.70. The van der Waals surface area contributed by atoms with Gasteiger partial charge in [-0.1, -0.05) is 60.7 Å². The molecule has 0 radical (unpaired) electrons. The molecule has 1 spiro atoms. The monoisotopic (exact) mass is 770 g/mol. The Bertz CT molecular complexity index is 2520. The number of nitrogens with zero attached hydrogens (tertiary/aromatic N) is 2. The number of benzene rings is 8. The Balaban J connectivity index is 1.22. The summed E-state index contributed by atoms with van der Waals surface area (Å²) in [6, 6.07) is 64.8. The lowest BCUT2D eigenvalue weighted by molar-refractivity contribution is 0.414. The van der Waals surface area contributed by atoms with Crippen LogP contribution >= 0.6 is 0 Å². The van der Waals surface area contributed by atoms with E-state index >= 15 is 0 Å². The molecule has 6 nitrogen and oxygen atoms in total. The number of rotatable bonds is 10. The Morgan fingerprint density at radius 2 is 0.559 bits per heavy atom. The maximum absolute atomic E-state index is 5.57. The maximum atomic E-state index is 5.57. The number of fused-ring (bicyclic) bond motifs is 10. The number of ether oxygens (including phenoxy) is 4. The van der Waals surface area contributed by atoms with E-state index in [1.807, 2.05) is 48.5 Å². The first kappa shape index (κ1) is 35.9. The molecule has 59 heavy (non-hydrogen) atoms. The molecule has 0 amide bonds. The molecule has 288 valence electrons. The third-order valence-electron chi connectivity index (χ3n) is 11.9. The number of anilines is 6. The summed E-state index contributed by atoms with van der Waals surface area (Å²) < 4.78 is 22.3. The summed E-state index contributed by atoms with van der Waals surface area (Å²) in [6.45, 7) is 0. The van der Waals surface area contributed by atoms with Crippen LogP contribution in [0.25, 0.3) is 22.3 Å². The Morgan fingerprint density at radius 3 is 0.864 bits per heavy atom. The molecule has 0 heterocycles. The van der Waals surface area contributed by atoms with Gasteiger partial charge in [0, 0.05) is 34.1 Å². The molecule has 0 aromatic heterocycles. The Hall–Kier alpha value is -7.44. The van der Waals surface area contributed by atoms with Gasteiger partial charge in [0.1, 0.15) is 23.0 Å². The van der Waals surface area contributed by atoms with Crippen LogP contribution in [0.15, 0.2) is 182 Å². The van der Waals surface area contributed by atoms with Crippen molar-refractivity contribution in [2.45, 2.75) is 5.41 Å². The maximum Gasteiger partial charge on any atom is 0.119 e. The molecular formula is C53H42N2O4. The number of methoxy groups -OCH3 is 4. The topological polar surface area (TPSA) is 43.4 Å². The molecule has 8 aromatic rings. The highest BCUT2D eigenvalue weighted by atomic mass is 16.5. The molecule has 2 aliphatic carbocycles. The highest BCUT2D eigenvalue weighted by Crippen LogP contribution is 2.64. The molecule has 2 aliphatic rings. The van der Waals surface area contributed by atoms with Gasteiger partial charge in [0.15, 0.2) is 0 Å². The third-order valence-corrected chi connectivity index (χ3v) is 11.9. The van der Waals surface area contributed by atoms with Crippen LogP contribution in [0.5, 0.6) is 23.0 Å². The fraction of sp³-hybridized carbons (Fsp3) is 0.0943. The summed E-state index contributed by atoms with van der Waals surface area (Å²) in [5.41, 5.74) is 15.5. The summed E-state index contributed by atoms with van der Waals surface area (Å²) in [5, 5.41) is 0. The zero-order chi connectivity index (χ0) is 40.1. The first-order valence-electron chi connectivity index (χ1n) is 19.7. The van der Waals surface area contributed by atoms with Gasteiger partial charge in [0.25, 0.3) is 0 Å². The van der Waals surface area contributed by atoms with E-state index in [-0.39, 0.29) is 0 Å². The lowest BCUT2D eigenvalue weighted by Crippen LogP contribution is -2.26. The van der Waals surface area contributed by atoms with E-state index in [0.717, 1.165) is 57.1 Å². The zero-order valence-electron chi connectivity index (χ0n) is 33.3. The van der Waals surface area contributed by atoms with E-state index in [1.165, 1.54) is 44.5 Å². The van der Waals surface area contributed by atoms with E-state index < -0.39 is 5.41 Å². The number of hydrogen-bond acceptors (Lipinski definition) is 6. The van der Waals surface area contributed by atoms with Crippen molar-refractivity contribution in [3.8, 4) is 45.3 Å². The van der Waals surface area contributed by atoms with Crippen molar-refractivity contribution in [2.24, 2.45) is 0 Å². The third kappa shape index (κ3) is 5.71. The van der Waals surface area contributed by atoms with E-state index in [9.17, 15) is 0 Å². The van der Waals surface area contributed by atoms with Crippen molar-refractivity contribution in [1.82, 2.24) is 0 Å². The SMILES string of the molecule is COc1ccc(N(c2ccc(OC)cc2)c2ccc3c(c2)C2(c4ccccc4-c4ccccc42)c2cc(N(c4ccc(OC)cc4)c4ccc(OC)cc4)ccc2-3)cc1. The first-order chi connectivity index (χ1) is 29.0. The lowest BCUT2D eigenvalue weighted by Gasteiger charge is -2.33. The van der Waals surface area contributed by atoms with E-state index in [1.54, 1.807) is 28.4 Å². The van der Waals surface area contributed by atoms with Gasteiger partial charge in [0.05, 0.1) is 33.9 Å². The van der Waals surface area contributed by atoms with E-state index in [2.05, 4.69) is 143 Å². The van der Waals surface area contributed by atoms with Gasteiger partial charge in [-0.2, -0.15) is 0 Å². The van der Waals surface area contributed by atoms with E-state index in [0.29, 0.717) is 0 Å². The quantitative estimate of drug-likeness (QED) is 0.138. The largest absolute Gasteiger partial charge is 0.497 e. The zero-order valence-corrected chi connectivity index (χ0v) is 33.3. The van der Waals surface area contributed by atoms with Crippen LogP contribution in [-0.4, -0.2) is 28.4 Å². The van der Waals surface area contributed by atoms with Crippen molar-refractivity contribution in [3.63, 3.8) is 0 Å². The molecule has 0 aliphatic heterocycles. The second-order valence-electron chi connectivity index (χ2n) is 14.8. The Kier molecular flexibility index (Phi) is 8.83. The highest BCUT2D eigenvalue weighted by Gasteiger charge is 2.52. The van der Waals surface area contributed by atoms with Gasteiger partial charge >= 0.3 is 0 Å². The Morgan fingerprint density at radius 1 is 0.288 bits per heavy atom. The van der Waals surface area contributed by atoms with Gasteiger partial charge in [-0.05, 0) is 166 Å². The molecule has 0 saturated heterocycles. The molecule has 0 fully saturated rings. The van der Waals surface area contributed by atoms with Crippen LogP contribution < -0.4 is 28.7 Å². The minimum atomic E-state index is -0.596. The smallest absolute Gasteiger partial charge is 0.119 e. The van der Waals surface area contributed by atoms with Gasteiger partial charge in [-0.3, -0.25) is 0 Å². The summed E-state index contributed by atoms with van der Waals surface area (Å²) >= 11 is 0. The molecule has 0 saturated carbocycles. The fourth-order valence-electron chi connectivity index (χ4n) is 9.21. The van der Waals surface area contributed by atoms with Gasteiger partial charge in [-0.15, -0.1) is 0 Å². The summed E-state index contributed by atoms with van der Waals surface area (Å²) in [7, 11) is 6.79. The first-order valence-corrected chi connectivity index (χ1v) is 19.7. The van der Waals surface area contributed by atoms with Crippen LogP contribution in [0.3, 0.4) is 0 Å². The van der Waals surface area contributed by atoms with Crippen LogP contribution in [0, 0.1) is 0 Å². The summed E-state index contributed by atoms with van der Waals surface area (Å²) in [4.78, 5) is 4.62. The minimum Gasteiger partial charge on any atom is -0.497 e. The normalized spacial score (nSPS) is 12.5. The second kappa shape index (κ2) is 14.5. The molecule has 0 unspecified atom stereocenters. The average Bonchev–Trinajstić information content (AvgIpc) is 3.77. The van der Waals surface area contributed by atoms with Gasteiger partial charge in [-0.25, -0.2) is 0 Å². The van der Waals surface area contributed by atoms with Crippen LogP contribution in [0.1, 0.15) is 22.3 Å². The summed E-state index contributed by atoms with van der Waals surface area (Å²) in [5.74, 6) is 3.22. The standard InChI is InChI=1S/C53H42N2O4/c1-56-41-23-13-35(14-24-41)54(36-15-25-42(57-2)26-16-36)39-21-31-47-48-32-22-40(55(37-17-27-43(58-3)28-18-37)38-19-29-44(59-4)30-20-38)34-52(48)53(51(47)33-39)49-11-7-5-9-45(49)46-10-6-8-12-50(46)53/h5-34H,1-4H3. The van der Waals surface area contributed by atoms with Crippen molar-refractivity contribution < 1.29 is 18.9 Å². The predicted octanol–water partition coefficient (Wildman–Crippen LogP) is 13.0. The predicted molar refractivity (Wildman–Crippen MR) is 238 cm³/mol. The molecule has 0 atom stereocenters. The fourth-order valence-corrected chi connectivity index (χ4v) is 9.21. The van der Waals surface area contributed by atoms with Gasteiger partial charge < -0.3 is 28.7 Å². The number of hydrogen-bond donors (Lipinski definition) is 0. The summed E-state index contributed by atoms with van der Waals surface area (Å²) in [6.07, 6.45) is 0. The van der Waals surface area contributed by atoms with Crippen LogP contribution in [-0.2, 0) is 5.41 Å². The van der Waals surface area contributed by atoms with Crippen molar-refractivity contribution >= 4 is 34.1 Å². The molecule has 8 aromatic carbocycles. The van der Waals surface area contributed by atoms with Crippen molar-refractivity contribution in [3.05, 3.63) is 204 Å². The molecule has 10 rings (SSSR count). The van der Waals surface area contributed by atoms with Crippen molar-refractivity contribution in [1.29, 1.82) is 0 Å². The van der Waals surface area contributed by atoms with Crippen LogP contribution in [0.2, 0.25) is 0 Å². The highest BCUT2D eigenvalue weighted by molar-refractivity contribution is 5.97. The van der Waals surface area contributed by atoms with E-state index in [4.69, 9.17) is 18.9 Å². The minimum absolute atomic E-state index is 0.596. The molecule has 0 bridgehead atoms. The van der Waals surface area contributed by atoms with Crippen molar-refractivity contribution in [2.75, 3.05) is 38.2 Å². The second-order valence-corrected chi connectivity index (χ2v) is 14.8. The molecular weight excluding hydrogens is 729 g/mol. The molecule has 0 N–H and O–H groups in total. The van der Waals surface area contributed by atoms with Crippen LogP contribution in [0.4, 0.5) is 34.1 Å².